The van der Waals surface area contributed by atoms with Crippen molar-refractivity contribution in [3.63, 3.8) is 0 Å². The van der Waals surface area contributed by atoms with Gasteiger partial charge in [0.05, 0.1) is 5.92 Å². The lowest BCUT2D eigenvalue weighted by Crippen LogP contribution is -2.48. The smallest absolute Gasteiger partial charge is 0.170 e. The van der Waals surface area contributed by atoms with Gasteiger partial charge in [0.2, 0.25) is 0 Å². The minimum atomic E-state index is -0.679. The zero-order valence-corrected chi connectivity index (χ0v) is 16.0. The van der Waals surface area contributed by atoms with Crippen LogP contribution in [0.1, 0.15) is 64.7 Å². The van der Waals surface area contributed by atoms with Crippen LogP contribution >= 0.6 is 0 Å². The molecule has 0 aliphatic heterocycles. The molecular formula is C23H33NO2. The molecule has 0 heterocycles. The van der Waals surface area contributed by atoms with Gasteiger partial charge in [-0.1, -0.05) is 18.4 Å². The molecule has 3 N–H and O–H groups in total. The number of aliphatic hydroxyl groups is 1. The van der Waals surface area contributed by atoms with Crippen molar-refractivity contribution in [3.05, 3.63) is 11.6 Å². The van der Waals surface area contributed by atoms with Crippen molar-refractivity contribution in [3.8, 4) is 12.3 Å². The molecule has 3 nitrogen and oxygen atoms in total. The molecule has 0 aromatic carbocycles. The van der Waals surface area contributed by atoms with E-state index in [-0.39, 0.29) is 11.7 Å². The third kappa shape index (κ3) is 2.69. The van der Waals surface area contributed by atoms with E-state index >= 15 is 0 Å². The Morgan fingerprint density at radius 2 is 2.15 bits per heavy atom. The third-order valence-corrected chi connectivity index (χ3v) is 8.69. The second-order valence-corrected chi connectivity index (χ2v) is 9.36. The zero-order valence-electron chi connectivity index (χ0n) is 16.0. The van der Waals surface area contributed by atoms with Crippen LogP contribution in [0.25, 0.3) is 0 Å². The number of nitrogens with two attached hydrogens (primary N) is 1. The molecular weight excluding hydrogens is 322 g/mol. The highest BCUT2D eigenvalue weighted by Crippen LogP contribution is 2.65. The zero-order chi connectivity index (χ0) is 18.5. The third-order valence-electron chi connectivity index (χ3n) is 8.69. The maximum atomic E-state index is 12.2. The van der Waals surface area contributed by atoms with Crippen molar-refractivity contribution >= 4 is 5.78 Å². The largest absolute Gasteiger partial charge is 0.379 e. The molecule has 0 aromatic rings. The number of ketones is 1. The van der Waals surface area contributed by atoms with Crippen molar-refractivity contribution in [1.29, 1.82) is 0 Å². The second kappa shape index (κ2) is 6.80. The monoisotopic (exact) mass is 355 g/mol. The van der Waals surface area contributed by atoms with E-state index < -0.39 is 6.23 Å². The number of carbonyl (C=O) groups excluding carboxylic acids is 1. The van der Waals surface area contributed by atoms with Gasteiger partial charge in [-0.15, -0.1) is 6.42 Å². The fraction of sp³-hybridized carbons (Fsp3) is 0.783. The van der Waals surface area contributed by atoms with Gasteiger partial charge in [-0.25, -0.2) is 0 Å². The number of hydrogen-bond acceptors (Lipinski definition) is 3. The first kappa shape index (κ1) is 18.3. The molecule has 0 saturated heterocycles. The molecule has 0 radical (unpaired) electrons. The molecule has 0 bridgehead atoms. The fourth-order valence-electron chi connectivity index (χ4n) is 7.63. The topological polar surface area (TPSA) is 63.3 Å². The molecule has 26 heavy (non-hydrogen) atoms. The molecule has 3 heteroatoms. The quantitative estimate of drug-likeness (QED) is 0.600. The summed E-state index contributed by atoms with van der Waals surface area (Å²) in [5.74, 6) is 6.02. The van der Waals surface area contributed by atoms with Crippen LogP contribution in [0.5, 0.6) is 0 Å². The average Bonchev–Trinajstić information content (AvgIpc) is 2.99. The minimum absolute atomic E-state index is 0.161. The van der Waals surface area contributed by atoms with Gasteiger partial charge in [0.15, 0.2) is 5.78 Å². The van der Waals surface area contributed by atoms with E-state index in [1.165, 1.54) is 44.1 Å². The Bertz CT molecular complexity index is 645. The first-order valence-corrected chi connectivity index (χ1v) is 10.6. The summed E-state index contributed by atoms with van der Waals surface area (Å²) >= 11 is 0. The Balaban J connectivity index is 1.60. The highest BCUT2D eigenvalue weighted by Gasteiger charge is 2.57. The predicted molar refractivity (Wildman–Crippen MR) is 103 cm³/mol. The summed E-state index contributed by atoms with van der Waals surface area (Å²) in [5, 5.41) is 9.80. The minimum Gasteiger partial charge on any atom is -0.379 e. The Labute approximate surface area is 157 Å². The number of fused-ring (bicyclic) bond motifs is 5. The number of allylic oxidation sites excluding steroid dienone is 1. The van der Waals surface area contributed by atoms with Crippen LogP contribution < -0.4 is 5.73 Å². The van der Waals surface area contributed by atoms with Gasteiger partial charge in [-0.3, -0.25) is 4.79 Å². The van der Waals surface area contributed by atoms with Crippen LogP contribution in [0.3, 0.4) is 0 Å². The summed E-state index contributed by atoms with van der Waals surface area (Å²) < 4.78 is 0. The lowest BCUT2D eigenvalue weighted by molar-refractivity contribution is -0.118. The number of hydrogen-bond donors (Lipinski definition) is 2. The van der Waals surface area contributed by atoms with Gasteiger partial charge in [0.1, 0.15) is 6.23 Å². The molecule has 142 valence electrons. The Morgan fingerprint density at radius 3 is 2.85 bits per heavy atom. The molecule has 8 atom stereocenters. The first-order valence-electron chi connectivity index (χ1n) is 10.6. The predicted octanol–water partition coefficient (Wildman–Crippen LogP) is 3.66. The van der Waals surface area contributed by atoms with Crippen molar-refractivity contribution in [2.45, 2.75) is 70.9 Å². The molecule has 4 aliphatic carbocycles. The average molecular weight is 356 g/mol. The Hall–Kier alpha value is -1.11. The van der Waals surface area contributed by atoms with Crippen LogP contribution in [0.2, 0.25) is 0 Å². The van der Waals surface area contributed by atoms with E-state index in [0.29, 0.717) is 23.2 Å². The van der Waals surface area contributed by atoms with E-state index in [2.05, 4.69) is 12.8 Å². The lowest BCUT2D eigenvalue weighted by Gasteiger charge is -2.55. The van der Waals surface area contributed by atoms with Gasteiger partial charge >= 0.3 is 0 Å². The standard InChI is InChI=1S/C23H33NO2/c1-3-14-11-19-15(12-21(14)25)5-7-18-17(19)9-10-23(4-2)16(13-22(24)26)6-8-20(18)23/h1,12,14,16-20,22,26H,4-11,13,24H2,2H3/t14?,16-,17-,18+,19-,20-,22?,23+/m0/s1. The summed E-state index contributed by atoms with van der Waals surface area (Å²) in [6, 6.07) is 0. The van der Waals surface area contributed by atoms with E-state index in [9.17, 15) is 9.90 Å². The first-order chi connectivity index (χ1) is 12.5. The van der Waals surface area contributed by atoms with Crippen LogP contribution in [-0.2, 0) is 4.79 Å². The van der Waals surface area contributed by atoms with Crippen molar-refractivity contribution in [2.24, 2.45) is 46.7 Å². The van der Waals surface area contributed by atoms with E-state index in [1.807, 2.05) is 6.08 Å². The SMILES string of the molecule is C#CC1C[C@H]2C(=CC1=O)CC[C@@H]1[C@@H]2CC[C@]2(CC)[C@H](CC(N)O)CC[C@@H]12. The summed E-state index contributed by atoms with van der Waals surface area (Å²) in [6.07, 6.45) is 17.0. The number of terminal acetylenes is 1. The number of aliphatic hydroxyl groups excluding tert-OH is 1. The van der Waals surface area contributed by atoms with Crippen LogP contribution in [-0.4, -0.2) is 17.1 Å². The van der Waals surface area contributed by atoms with Crippen molar-refractivity contribution < 1.29 is 9.90 Å². The van der Waals surface area contributed by atoms with Crippen LogP contribution in [0.15, 0.2) is 11.6 Å². The Kier molecular flexibility index (Phi) is 4.78. The molecule has 0 amide bonds. The fourth-order valence-corrected chi connectivity index (χ4v) is 7.63. The normalized spacial score (nSPS) is 45.8. The molecule has 0 spiro atoms. The second-order valence-electron chi connectivity index (χ2n) is 9.36. The summed E-state index contributed by atoms with van der Waals surface area (Å²) in [6.45, 7) is 2.34. The van der Waals surface area contributed by atoms with Crippen LogP contribution in [0, 0.1) is 53.3 Å². The Morgan fingerprint density at radius 1 is 1.35 bits per heavy atom. The number of rotatable bonds is 3. The van der Waals surface area contributed by atoms with E-state index in [0.717, 1.165) is 31.1 Å². The maximum absolute atomic E-state index is 12.2. The van der Waals surface area contributed by atoms with Gasteiger partial charge in [0.25, 0.3) is 0 Å². The van der Waals surface area contributed by atoms with Crippen molar-refractivity contribution in [1.82, 2.24) is 0 Å². The molecule has 0 aromatic heterocycles. The molecule has 4 rings (SSSR count). The highest BCUT2D eigenvalue weighted by molar-refractivity contribution is 5.95. The van der Waals surface area contributed by atoms with Gasteiger partial charge in [-0.05, 0) is 98.9 Å². The highest BCUT2D eigenvalue weighted by atomic mass is 16.3. The van der Waals surface area contributed by atoms with E-state index in [4.69, 9.17) is 12.2 Å². The van der Waals surface area contributed by atoms with Gasteiger partial charge < -0.3 is 10.8 Å². The maximum Gasteiger partial charge on any atom is 0.170 e. The lowest BCUT2D eigenvalue weighted by atomic mass is 9.49. The summed E-state index contributed by atoms with van der Waals surface area (Å²) in [7, 11) is 0. The van der Waals surface area contributed by atoms with Crippen LogP contribution in [0.4, 0.5) is 0 Å². The molecule has 2 unspecified atom stereocenters. The summed E-state index contributed by atoms with van der Waals surface area (Å²) in [5.41, 5.74) is 7.53. The molecule has 3 saturated carbocycles. The molecule has 4 aliphatic rings. The molecule has 3 fully saturated rings. The van der Waals surface area contributed by atoms with Gasteiger partial charge in [0, 0.05) is 0 Å². The number of carbonyl (C=O) groups is 1. The summed E-state index contributed by atoms with van der Waals surface area (Å²) in [4.78, 5) is 12.2. The van der Waals surface area contributed by atoms with Gasteiger partial charge in [-0.2, -0.15) is 0 Å². The van der Waals surface area contributed by atoms with E-state index in [1.54, 1.807) is 0 Å². The van der Waals surface area contributed by atoms with Crippen molar-refractivity contribution in [2.75, 3.05) is 0 Å².